The summed E-state index contributed by atoms with van der Waals surface area (Å²) in [4.78, 5) is 30.3. The quantitative estimate of drug-likeness (QED) is 0.123. The van der Waals surface area contributed by atoms with Gasteiger partial charge in [-0.2, -0.15) is 0 Å². The number of carbonyl (C=O) groups excluding carboxylic acids is 2. The normalized spacial score (nSPS) is 13.6. The molecular weight excluding hydrogens is 526 g/mol. The van der Waals surface area contributed by atoms with Crippen molar-refractivity contribution in [2.24, 2.45) is 0 Å². The van der Waals surface area contributed by atoms with Crippen LogP contribution >= 0.6 is 0 Å². The van der Waals surface area contributed by atoms with Crippen LogP contribution in [0.2, 0.25) is 0 Å². The molecule has 1 heterocycles. The van der Waals surface area contributed by atoms with E-state index >= 15 is 0 Å². The highest BCUT2D eigenvalue weighted by molar-refractivity contribution is 6.42. The van der Waals surface area contributed by atoms with Crippen molar-refractivity contribution < 1.29 is 9.59 Å². The molecule has 0 atom stereocenters. The largest absolute Gasteiger partial charge is 0.268 e. The van der Waals surface area contributed by atoms with Crippen LogP contribution in [0.1, 0.15) is 71.4 Å². The Kier molecular flexibility index (Phi) is 5.52. The highest BCUT2D eigenvalue weighted by Gasteiger charge is 2.38. The summed E-state index contributed by atoms with van der Waals surface area (Å²) in [7, 11) is 0. The van der Waals surface area contributed by atoms with E-state index in [1.54, 1.807) is 0 Å². The molecule has 0 fully saturated rings. The second-order valence-electron chi connectivity index (χ2n) is 12.4. The molecule has 0 N–H and O–H groups in total. The van der Waals surface area contributed by atoms with Gasteiger partial charge in [0.15, 0.2) is 0 Å². The number of nitrogens with zero attached hydrogens (tertiary/aromatic N) is 1. The second kappa shape index (κ2) is 9.24. The fourth-order valence-corrected chi connectivity index (χ4v) is 7.33. The van der Waals surface area contributed by atoms with E-state index in [4.69, 9.17) is 0 Å². The van der Waals surface area contributed by atoms with Gasteiger partial charge in [-0.1, -0.05) is 119 Å². The van der Waals surface area contributed by atoms with Gasteiger partial charge in [0.2, 0.25) is 0 Å². The van der Waals surface area contributed by atoms with Gasteiger partial charge in [-0.05, 0) is 83.9 Å². The maximum atomic E-state index is 14.4. The van der Waals surface area contributed by atoms with Crippen LogP contribution in [0, 0.1) is 0 Å². The molecule has 0 aromatic heterocycles. The highest BCUT2D eigenvalue weighted by Crippen LogP contribution is 2.47. The minimum atomic E-state index is -0.250. The van der Waals surface area contributed by atoms with Crippen molar-refractivity contribution >= 4 is 60.6 Å². The third-order valence-electron chi connectivity index (χ3n) is 9.30. The van der Waals surface area contributed by atoms with Crippen molar-refractivity contribution in [1.82, 2.24) is 0 Å². The Morgan fingerprint density at radius 2 is 0.930 bits per heavy atom. The number of hydrogen-bond acceptors (Lipinski definition) is 2. The number of amides is 2. The number of imide groups is 1. The lowest BCUT2D eigenvalue weighted by atomic mass is 9.83. The predicted molar refractivity (Wildman–Crippen MR) is 179 cm³/mol. The van der Waals surface area contributed by atoms with Crippen LogP contribution in [0.15, 0.2) is 103 Å². The van der Waals surface area contributed by atoms with Crippen LogP contribution in [0.5, 0.6) is 0 Å². The van der Waals surface area contributed by atoms with Gasteiger partial charge in [-0.3, -0.25) is 9.59 Å². The molecule has 0 saturated carbocycles. The summed E-state index contributed by atoms with van der Waals surface area (Å²) in [5, 5.41) is 8.57. The molecule has 0 aliphatic carbocycles. The smallest absolute Gasteiger partial charge is 0.266 e. The van der Waals surface area contributed by atoms with Crippen LogP contribution in [0.4, 0.5) is 5.69 Å². The molecule has 1 aliphatic heterocycles. The summed E-state index contributed by atoms with van der Waals surface area (Å²) in [6, 6.07) is 35.5. The molecule has 2 amide bonds. The molecule has 7 aromatic rings. The van der Waals surface area contributed by atoms with Gasteiger partial charge in [0.1, 0.15) is 0 Å². The van der Waals surface area contributed by atoms with Crippen molar-refractivity contribution in [1.29, 1.82) is 0 Å². The van der Waals surface area contributed by atoms with E-state index in [9.17, 15) is 9.59 Å². The summed E-state index contributed by atoms with van der Waals surface area (Å²) in [5.74, 6) is -0.188. The standard InChI is InChI=1S/C40H31NO2/c1-22(2)25-12-8-13-26(23(3)4)38(25)41-39(42)33-20-18-31-29-15-9-14-28-27(24-10-6-5-7-11-24)16-17-30(35(28)29)32-19-21-34(40(41)43)37(33)36(31)32/h5-23H,1-4H3. The molecule has 208 valence electrons. The van der Waals surface area contributed by atoms with Crippen molar-refractivity contribution in [3.8, 4) is 11.1 Å². The van der Waals surface area contributed by atoms with E-state index < -0.39 is 0 Å². The monoisotopic (exact) mass is 557 g/mol. The predicted octanol–water partition coefficient (Wildman–Crippen LogP) is 10.5. The van der Waals surface area contributed by atoms with Gasteiger partial charge >= 0.3 is 0 Å². The van der Waals surface area contributed by atoms with Gasteiger partial charge in [0.05, 0.1) is 5.69 Å². The SMILES string of the molecule is CC(C)c1cccc(C(C)C)c1N1C(=O)c2ccc3c4cccc5c(-c6ccccc6)ccc(c6ccc(c2c36)C1=O)c54. The number of para-hydroxylation sites is 1. The second-order valence-corrected chi connectivity index (χ2v) is 12.4. The van der Waals surface area contributed by atoms with E-state index in [-0.39, 0.29) is 23.7 Å². The summed E-state index contributed by atoms with van der Waals surface area (Å²) in [5.41, 5.74) is 6.31. The number of hydrogen-bond donors (Lipinski definition) is 0. The maximum absolute atomic E-state index is 14.4. The average Bonchev–Trinajstić information content (AvgIpc) is 3.02. The minimum absolute atomic E-state index is 0.156. The van der Waals surface area contributed by atoms with Gasteiger partial charge < -0.3 is 0 Å². The van der Waals surface area contributed by atoms with Gasteiger partial charge in [-0.15, -0.1) is 0 Å². The van der Waals surface area contributed by atoms with E-state index in [0.717, 1.165) is 49.1 Å². The molecular formula is C40H31NO2. The Bertz CT molecular complexity index is 2180. The van der Waals surface area contributed by atoms with Crippen LogP contribution in [0.25, 0.3) is 54.2 Å². The third kappa shape index (κ3) is 3.48. The van der Waals surface area contributed by atoms with E-state index in [1.165, 1.54) is 26.8 Å². The number of anilines is 1. The summed E-state index contributed by atoms with van der Waals surface area (Å²) >= 11 is 0. The van der Waals surface area contributed by atoms with Crippen LogP contribution in [-0.2, 0) is 0 Å². The number of benzene rings is 7. The first-order valence-electron chi connectivity index (χ1n) is 15.1. The zero-order valence-electron chi connectivity index (χ0n) is 24.7. The summed E-state index contributed by atoms with van der Waals surface area (Å²) < 4.78 is 0. The van der Waals surface area contributed by atoms with Crippen molar-refractivity contribution in [2.75, 3.05) is 4.90 Å². The fraction of sp³-hybridized carbons (Fsp3) is 0.150. The van der Waals surface area contributed by atoms with E-state index in [1.807, 2.05) is 36.4 Å². The Hall–Kier alpha value is -5.02. The summed E-state index contributed by atoms with van der Waals surface area (Å²) in [6.45, 7) is 8.45. The zero-order chi connectivity index (χ0) is 29.6. The number of rotatable bonds is 4. The minimum Gasteiger partial charge on any atom is -0.268 e. The Balaban J connectivity index is 1.43. The van der Waals surface area contributed by atoms with Crippen molar-refractivity contribution in [2.45, 2.75) is 39.5 Å². The molecule has 0 spiro atoms. The molecule has 3 nitrogen and oxygen atoms in total. The Morgan fingerprint density at radius 1 is 0.442 bits per heavy atom. The van der Waals surface area contributed by atoms with Crippen molar-refractivity contribution in [3.05, 3.63) is 125 Å². The molecule has 0 unspecified atom stereocenters. The molecule has 0 bridgehead atoms. The average molecular weight is 558 g/mol. The van der Waals surface area contributed by atoms with Gasteiger partial charge in [-0.25, -0.2) is 4.90 Å². The third-order valence-corrected chi connectivity index (χ3v) is 9.30. The topological polar surface area (TPSA) is 37.4 Å². The van der Waals surface area contributed by atoms with Crippen LogP contribution in [-0.4, -0.2) is 11.8 Å². The van der Waals surface area contributed by atoms with E-state index in [2.05, 4.69) is 94.4 Å². The first-order valence-corrected chi connectivity index (χ1v) is 15.1. The maximum Gasteiger partial charge on any atom is 0.266 e. The lowest BCUT2D eigenvalue weighted by Crippen LogP contribution is -2.41. The molecule has 43 heavy (non-hydrogen) atoms. The van der Waals surface area contributed by atoms with Crippen molar-refractivity contribution in [3.63, 3.8) is 0 Å². The Morgan fingerprint density at radius 3 is 1.51 bits per heavy atom. The zero-order valence-corrected chi connectivity index (χ0v) is 24.7. The van der Waals surface area contributed by atoms with Crippen LogP contribution < -0.4 is 4.90 Å². The fourth-order valence-electron chi connectivity index (χ4n) is 7.33. The number of fused-ring (bicyclic) bond motifs is 2. The lowest BCUT2D eigenvalue weighted by molar-refractivity contribution is 0.0893. The Labute approximate surface area is 250 Å². The number of carbonyl (C=O) groups is 2. The molecule has 0 saturated heterocycles. The molecule has 3 heteroatoms. The van der Waals surface area contributed by atoms with Crippen LogP contribution in [0.3, 0.4) is 0 Å². The van der Waals surface area contributed by atoms with E-state index in [0.29, 0.717) is 11.1 Å². The molecule has 0 radical (unpaired) electrons. The van der Waals surface area contributed by atoms with Gasteiger partial charge in [0, 0.05) is 16.5 Å². The molecule has 8 rings (SSSR count). The highest BCUT2D eigenvalue weighted by atomic mass is 16.2. The summed E-state index contributed by atoms with van der Waals surface area (Å²) in [6.07, 6.45) is 0. The first-order chi connectivity index (χ1) is 20.9. The first kappa shape index (κ1) is 25.7. The molecule has 7 aromatic carbocycles. The molecule has 1 aliphatic rings. The lowest BCUT2D eigenvalue weighted by Gasteiger charge is -2.32. The van der Waals surface area contributed by atoms with Gasteiger partial charge in [0.25, 0.3) is 11.8 Å².